The summed E-state index contributed by atoms with van der Waals surface area (Å²) in [5.41, 5.74) is 4.26. The van der Waals surface area contributed by atoms with Crippen molar-refractivity contribution in [2.75, 3.05) is 5.32 Å². The van der Waals surface area contributed by atoms with Crippen LogP contribution in [0.4, 0.5) is 5.69 Å². The molecular weight excluding hydrogens is 501 g/mol. The highest BCUT2D eigenvalue weighted by Gasteiger charge is 2.16. The molecule has 0 atom stereocenters. The Balaban J connectivity index is 1.53. The summed E-state index contributed by atoms with van der Waals surface area (Å²) in [4.78, 5) is 37.2. The molecular formula is C27H19Cl2N3O4. The number of anilines is 1. The number of esters is 1. The van der Waals surface area contributed by atoms with Crippen LogP contribution < -0.4 is 15.5 Å². The highest BCUT2D eigenvalue weighted by molar-refractivity contribution is 6.43. The fraction of sp³-hybridized carbons (Fsp3) is 0.0370. The van der Waals surface area contributed by atoms with Gasteiger partial charge in [0.05, 0.1) is 21.8 Å². The van der Waals surface area contributed by atoms with Gasteiger partial charge in [0.25, 0.3) is 0 Å². The van der Waals surface area contributed by atoms with E-state index in [1.165, 1.54) is 24.4 Å². The maximum Gasteiger partial charge on any atom is 0.343 e. The first kappa shape index (κ1) is 24.9. The van der Waals surface area contributed by atoms with Crippen LogP contribution in [0.25, 0.3) is 10.8 Å². The minimum atomic E-state index is -1.00. The van der Waals surface area contributed by atoms with Crippen molar-refractivity contribution in [1.82, 2.24) is 5.43 Å². The van der Waals surface area contributed by atoms with E-state index in [4.69, 9.17) is 27.9 Å². The van der Waals surface area contributed by atoms with Gasteiger partial charge in [-0.05, 0) is 54.1 Å². The summed E-state index contributed by atoms with van der Waals surface area (Å²) in [6, 6.07) is 22.4. The Morgan fingerprint density at radius 2 is 1.67 bits per heavy atom. The highest BCUT2D eigenvalue weighted by Crippen LogP contribution is 2.28. The molecule has 2 amide bonds. The smallest absolute Gasteiger partial charge is 0.343 e. The molecule has 4 rings (SSSR count). The van der Waals surface area contributed by atoms with Gasteiger partial charge in [0, 0.05) is 11.3 Å². The lowest BCUT2D eigenvalue weighted by atomic mass is 10.0. The van der Waals surface area contributed by atoms with E-state index in [1.54, 1.807) is 24.3 Å². The number of amides is 2. The first-order chi connectivity index (χ1) is 17.3. The molecule has 180 valence electrons. The largest absolute Gasteiger partial charge is 0.422 e. The van der Waals surface area contributed by atoms with E-state index >= 15 is 0 Å². The summed E-state index contributed by atoms with van der Waals surface area (Å²) in [6.07, 6.45) is 1.32. The number of carbonyl (C=O) groups is 3. The number of hydrazone groups is 1. The van der Waals surface area contributed by atoms with E-state index in [-0.39, 0.29) is 10.8 Å². The summed E-state index contributed by atoms with van der Waals surface area (Å²) < 4.78 is 5.65. The number of ether oxygens (including phenoxy) is 1. The van der Waals surface area contributed by atoms with Crippen LogP contribution >= 0.6 is 23.2 Å². The van der Waals surface area contributed by atoms with Crippen LogP contribution in [0.2, 0.25) is 10.0 Å². The third-order valence-electron chi connectivity index (χ3n) is 5.13. The Morgan fingerprint density at radius 3 is 2.44 bits per heavy atom. The maximum atomic E-state index is 12.7. The van der Waals surface area contributed by atoms with Gasteiger partial charge in [-0.15, -0.1) is 0 Å². The molecule has 0 heterocycles. The number of hydrogen-bond acceptors (Lipinski definition) is 5. The molecule has 0 aliphatic heterocycles. The van der Waals surface area contributed by atoms with Crippen molar-refractivity contribution in [2.24, 2.45) is 5.10 Å². The summed E-state index contributed by atoms with van der Waals surface area (Å²) in [7, 11) is 0. The lowest BCUT2D eigenvalue weighted by Crippen LogP contribution is -2.32. The summed E-state index contributed by atoms with van der Waals surface area (Å²) in [5.74, 6) is -2.24. The lowest BCUT2D eigenvalue weighted by Gasteiger charge is -2.11. The second-order valence-corrected chi connectivity index (χ2v) is 8.55. The third kappa shape index (κ3) is 5.89. The molecule has 0 aliphatic rings. The van der Waals surface area contributed by atoms with Gasteiger partial charge in [-0.2, -0.15) is 5.10 Å². The number of benzene rings is 4. The topological polar surface area (TPSA) is 96.9 Å². The average Bonchev–Trinajstić information content (AvgIpc) is 2.87. The SMILES string of the molecule is Cc1cccc(C(=O)Oc2ccc3ccccc3c2C=NNC(=O)C(=O)Nc2ccc(Cl)c(Cl)c2)c1. The van der Waals surface area contributed by atoms with E-state index in [1.807, 2.05) is 43.3 Å². The zero-order chi connectivity index (χ0) is 25.7. The molecule has 0 bridgehead atoms. The molecule has 0 aromatic heterocycles. The highest BCUT2D eigenvalue weighted by atomic mass is 35.5. The van der Waals surface area contributed by atoms with Crippen molar-refractivity contribution in [2.45, 2.75) is 6.92 Å². The van der Waals surface area contributed by atoms with E-state index < -0.39 is 17.8 Å². The van der Waals surface area contributed by atoms with Crippen molar-refractivity contribution < 1.29 is 19.1 Å². The van der Waals surface area contributed by atoms with Crippen molar-refractivity contribution in [3.8, 4) is 5.75 Å². The molecule has 4 aromatic carbocycles. The van der Waals surface area contributed by atoms with Crippen LogP contribution in [-0.2, 0) is 9.59 Å². The molecule has 0 saturated heterocycles. The monoisotopic (exact) mass is 519 g/mol. The molecule has 0 spiro atoms. The predicted octanol–water partition coefficient (Wildman–Crippen LogP) is 5.76. The first-order valence-corrected chi connectivity index (χ1v) is 11.5. The zero-order valence-electron chi connectivity index (χ0n) is 18.9. The molecule has 0 aliphatic carbocycles. The van der Waals surface area contributed by atoms with Crippen LogP contribution in [0.1, 0.15) is 21.5 Å². The Bertz CT molecular complexity index is 1520. The van der Waals surface area contributed by atoms with Gasteiger partial charge in [-0.1, -0.05) is 71.2 Å². The van der Waals surface area contributed by atoms with Gasteiger partial charge >= 0.3 is 17.8 Å². The second kappa shape index (κ2) is 11.0. The van der Waals surface area contributed by atoms with E-state index in [0.29, 0.717) is 21.8 Å². The zero-order valence-corrected chi connectivity index (χ0v) is 20.4. The van der Waals surface area contributed by atoms with Crippen molar-refractivity contribution >= 4 is 63.7 Å². The Kier molecular flexibility index (Phi) is 7.63. The minimum Gasteiger partial charge on any atom is -0.422 e. The molecule has 0 radical (unpaired) electrons. The van der Waals surface area contributed by atoms with E-state index in [0.717, 1.165) is 16.3 Å². The molecule has 7 nitrogen and oxygen atoms in total. The Labute approximate surface area is 216 Å². The molecule has 36 heavy (non-hydrogen) atoms. The van der Waals surface area contributed by atoms with Crippen LogP contribution in [-0.4, -0.2) is 24.0 Å². The fourth-order valence-corrected chi connectivity index (χ4v) is 3.69. The molecule has 0 saturated carbocycles. The number of carbonyl (C=O) groups excluding carboxylic acids is 3. The summed E-state index contributed by atoms with van der Waals surface area (Å²) in [5, 5.41) is 8.49. The first-order valence-electron chi connectivity index (χ1n) is 10.7. The molecule has 0 fully saturated rings. The number of aryl methyl sites for hydroxylation is 1. The number of nitrogens with one attached hydrogen (secondary N) is 2. The molecule has 9 heteroatoms. The van der Waals surface area contributed by atoms with Gasteiger partial charge in [0.2, 0.25) is 0 Å². The Morgan fingerprint density at radius 1 is 0.861 bits per heavy atom. The lowest BCUT2D eigenvalue weighted by molar-refractivity contribution is -0.136. The van der Waals surface area contributed by atoms with Gasteiger partial charge in [0.15, 0.2) is 0 Å². The average molecular weight is 520 g/mol. The van der Waals surface area contributed by atoms with Gasteiger partial charge in [0.1, 0.15) is 5.75 Å². The van der Waals surface area contributed by atoms with Crippen LogP contribution in [0, 0.1) is 6.92 Å². The van der Waals surface area contributed by atoms with Crippen LogP contribution in [0.3, 0.4) is 0 Å². The number of nitrogens with zero attached hydrogens (tertiary/aromatic N) is 1. The van der Waals surface area contributed by atoms with E-state index in [2.05, 4.69) is 15.8 Å². The van der Waals surface area contributed by atoms with Crippen molar-refractivity contribution in [1.29, 1.82) is 0 Å². The normalized spacial score (nSPS) is 10.9. The predicted molar refractivity (Wildman–Crippen MR) is 141 cm³/mol. The maximum absolute atomic E-state index is 12.7. The van der Waals surface area contributed by atoms with Gasteiger partial charge in [-0.3, -0.25) is 9.59 Å². The summed E-state index contributed by atoms with van der Waals surface area (Å²) >= 11 is 11.8. The number of hydrogen-bond donors (Lipinski definition) is 2. The van der Waals surface area contributed by atoms with Gasteiger partial charge < -0.3 is 10.1 Å². The Hall–Kier alpha value is -4.20. The minimum absolute atomic E-state index is 0.233. The molecule has 2 N–H and O–H groups in total. The number of halogens is 2. The van der Waals surface area contributed by atoms with Crippen molar-refractivity contribution in [3.05, 3.63) is 106 Å². The van der Waals surface area contributed by atoms with Crippen LogP contribution in [0.5, 0.6) is 5.75 Å². The van der Waals surface area contributed by atoms with Crippen LogP contribution in [0.15, 0.2) is 84.0 Å². The third-order valence-corrected chi connectivity index (χ3v) is 5.87. The molecule has 4 aromatic rings. The van der Waals surface area contributed by atoms with Crippen molar-refractivity contribution in [3.63, 3.8) is 0 Å². The number of rotatable bonds is 5. The second-order valence-electron chi connectivity index (χ2n) is 7.74. The standard InChI is InChI=1S/C27H19Cl2N3O4/c1-16-5-4-7-18(13-16)27(35)36-24-12-9-17-6-2-3-8-20(17)21(24)15-30-32-26(34)25(33)31-19-10-11-22(28)23(29)14-19/h2-15H,1H3,(H,31,33)(H,32,34). The molecule has 0 unspecified atom stereocenters. The quantitative estimate of drug-likeness (QED) is 0.115. The van der Waals surface area contributed by atoms with E-state index in [9.17, 15) is 14.4 Å². The summed E-state index contributed by atoms with van der Waals surface area (Å²) in [6.45, 7) is 1.88. The fourth-order valence-electron chi connectivity index (χ4n) is 3.40. The number of fused-ring (bicyclic) bond motifs is 1. The van der Waals surface area contributed by atoms with Gasteiger partial charge in [-0.25, -0.2) is 10.2 Å².